The molecule has 0 spiro atoms. The normalized spacial score (nSPS) is 27.7. The molecule has 0 aliphatic carbocycles. The van der Waals surface area contributed by atoms with Crippen LogP contribution in [0.15, 0.2) is 17.8 Å². The van der Waals surface area contributed by atoms with Crippen molar-refractivity contribution in [3.8, 4) is 0 Å². The second-order valence-electron chi connectivity index (χ2n) is 3.30. The maximum absolute atomic E-state index is 8.27. The van der Waals surface area contributed by atoms with Crippen LogP contribution >= 0.6 is 0 Å². The second kappa shape index (κ2) is 3.79. The van der Waals surface area contributed by atoms with Crippen LogP contribution in [0.25, 0.3) is 10.4 Å². The molecule has 1 fully saturated rings. The van der Waals surface area contributed by atoms with Crippen LogP contribution < -0.4 is 0 Å². The molecule has 0 N–H and O–H groups in total. The molecule has 1 aliphatic rings. The van der Waals surface area contributed by atoms with Gasteiger partial charge in [0.25, 0.3) is 0 Å². The van der Waals surface area contributed by atoms with Crippen LogP contribution in [0.5, 0.6) is 0 Å². The molecular formula is C8H13N3O2. The Labute approximate surface area is 77.0 Å². The third-order valence-electron chi connectivity index (χ3n) is 1.84. The summed E-state index contributed by atoms with van der Waals surface area (Å²) in [4.78, 5) is 2.72. The molecule has 0 bridgehead atoms. The van der Waals surface area contributed by atoms with Gasteiger partial charge in [-0.3, -0.25) is 0 Å². The van der Waals surface area contributed by atoms with E-state index in [2.05, 4.69) is 16.6 Å². The molecule has 1 aliphatic heterocycles. The standard InChI is InChI=1S/C8H13N3O2/c1-4-6(10-11-9)7-5-12-8(2,3)13-7/h4,6-7H,1,5H2,2-3H3. The Morgan fingerprint density at radius 2 is 2.46 bits per heavy atom. The van der Waals surface area contributed by atoms with Crippen LogP contribution in [-0.4, -0.2) is 24.5 Å². The van der Waals surface area contributed by atoms with Gasteiger partial charge in [0.2, 0.25) is 0 Å². The molecule has 0 saturated carbocycles. The number of hydrogen-bond acceptors (Lipinski definition) is 3. The van der Waals surface area contributed by atoms with Crippen LogP contribution in [-0.2, 0) is 9.47 Å². The summed E-state index contributed by atoms with van der Waals surface area (Å²) in [7, 11) is 0. The molecule has 0 radical (unpaired) electrons. The van der Waals surface area contributed by atoms with E-state index >= 15 is 0 Å². The first-order chi connectivity index (χ1) is 6.09. The van der Waals surface area contributed by atoms with Gasteiger partial charge in [-0.05, 0) is 19.4 Å². The number of rotatable bonds is 3. The number of ether oxygens (including phenoxy) is 2. The highest BCUT2D eigenvalue weighted by atomic mass is 16.7. The van der Waals surface area contributed by atoms with Crippen molar-refractivity contribution in [1.29, 1.82) is 0 Å². The lowest BCUT2D eigenvalue weighted by Gasteiger charge is -2.18. The molecule has 2 unspecified atom stereocenters. The molecule has 5 nitrogen and oxygen atoms in total. The molecule has 1 heterocycles. The van der Waals surface area contributed by atoms with Gasteiger partial charge in [0.1, 0.15) is 0 Å². The monoisotopic (exact) mass is 183 g/mol. The molecular weight excluding hydrogens is 170 g/mol. The quantitative estimate of drug-likeness (QED) is 0.290. The van der Waals surface area contributed by atoms with Crippen molar-refractivity contribution < 1.29 is 9.47 Å². The SMILES string of the molecule is C=CC(N=[N+]=[N-])C1COC(C)(C)O1. The van der Waals surface area contributed by atoms with Gasteiger partial charge in [0.05, 0.1) is 18.8 Å². The average molecular weight is 183 g/mol. The van der Waals surface area contributed by atoms with Crippen molar-refractivity contribution in [1.82, 2.24) is 0 Å². The summed E-state index contributed by atoms with van der Waals surface area (Å²) in [5.41, 5.74) is 8.27. The lowest BCUT2D eigenvalue weighted by Crippen LogP contribution is -2.27. The summed E-state index contributed by atoms with van der Waals surface area (Å²) in [6, 6.07) is -0.355. The molecule has 2 atom stereocenters. The van der Waals surface area contributed by atoms with Crippen LogP contribution in [0, 0.1) is 0 Å². The topological polar surface area (TPSA) is 67.2 Å². The Hall–Kier alpha value is -1.03. The molecule has 13 heavy (non-hydrogen) atoms. The fourth-order valence-electron chi connectivity index (χ4n) is 1.22. The minimum atomic E-state index is -0.586. The molecule has 0 aromatic carbocycles. The van der Waals surface area contributed by atoms with Crippen LogP contribution in [0.3, 0.4) is 0 Å². The van der Waals surface area contributed by atoms with Gasteiger partial charge in [-0.1, -0.05) is 11.2 Å². The van der Waals surface area contributed by atoms with E-state index in [4.69, 9.17) is 15.0 Å². The molecule has 1 saturated heterocycles. The maximum Gasteiger partial charge on any atom is 0.163 e. The summed E-state index contributed by atoms with van der Waals surface area (Å²) < 4.78 is 10.8. The Morgan fingerprint density at radius 1 is 1.77 bits per heavy atom. The number of azide groups is 1. The molecule has 0 aromatic rings. The minimum absolute atomic E-state index is 0.219. The summed E-state index contributed by atoms with van der Waals surface area (Å²) >= 11 is 0. The highest BCUT2D eigenvalue weighted by Gasteiger charge is 2.35. The number of hydrogen-bond donors (Lipinski definition) is 0. The van der Waals surface area contributed by atoms with E-state index < -0.39 is 5.79 Å². The Bertz CT molecular complexity index is 246. The van der Waals surface area contributed by atoms with Crippen molar-refractivity contribution in [2.24, 2.45) is 5.11 Å². The Morgan fingerprint density at radius 3 is 2.85 bits per heavy atom. The van der Waals surface area contributed by atoms with Crippen molar-refractivity contribution in [3.63, 3.8) is 0 Å². The predicted octanol–water partition coefficient (Wildman–Crippen LogP) is 2.00. The van der Waals surface area contributed by atoms with Crippen molar-refractivity contribution in [2.45, 2.75) is 31.8 Å². The van der Waals surface area contributed by atoms with Gasteiger partial charge in [-0.25, -0.2) is 0 Å². The minimum Gasteiger partial charge on any atom is -0.348 e. The van der Waals surface area contributed by atoms with Gasteiger partial charge in [-0.15, -0.1) is 6.58 Å². The van der Waals surface area contributed by atoms with E-state index in [1.807, 2.05) is 13.8 Å². The van der Waals surface area contributed by atoms with Crippen LogP contribution in [0.2, 0.25) is 0 Å². The molecule has 0 aromatic heterocycles. The fraction of sp³-hybridized carbons (Fsp3) is 0.750. The molecule has 72 valence electrons. The Kier molecular flexibility index (Phi) is 2.93. The first-order valence-electron chi connectivity index (χ1n) is 4.07. The summed E-state index contributed by atoms with van der Waals surface area (Å²) in [6.07, 6.45) is 1.35. The summed E-state index contributed by atoms with van der Waals surface area (Å²) in [5, 5.41) is 3.55. The van der Waals surface area contributed by atoms with Crippen molar-refractivity contribution >= 4 is 0 Å². The van der Waals surface area contributed by atoms with E-state index in [1.165, 1.54) is 0 Å². The highest BCUT2D eigenvalue weighted by Crippen LogP contribution is 2.25. The van der Waals surface area contributed by atoms with Crippen LogP contribution in [0.1, 0.15) is 13.8 Å². The van der Waals surface area contributed by atoms with E-state index in [-0.39, 0.29) is 12.1 Å². The van der Waals surface area contributed by atoms with Gasteiger partial charge in [0.15, 0.2) is 5.79 Å². The molecule has 1 rings (SSSR count). The lowest BCUT2D eigenvalue weighted by molar-refractivity contribution is -0.139. The Balaban J connectivity index is 2.63. The summed E-state index contributed by atoms with van der Waals surface area (Å²) in [6.45, 7) is 7.65. The second-order valence-corrected chi connectivity index (χ2v) is 3.30. The van der Waals surface area contributed by atoms with Gasteiger partial charge in [-0.2, -0.15) is 0 Å². The largest absolute Gasteiger partial charge is 0.348 e. The lowest BCUT2D eigenvalue weighted by atomic mass is 10.2. The van der Waals surface area contributed by atoms with Gasteiger partial charge >= 0.3 is 0 Å². The zero-order chi connectivity index (χ0) is 9.90. The van der Waals surface area contributed by atoms with Crippen molar-refractivity contribution in [2.75, 3.05) is 6.61 Å². The van der Waals surface area contributed by atoms with Gasteiger partial charge in [0, 0.05) is 4.91 Å². The zero-order valence-electron chi connectivity index (χ0n) is 7.80. The fourth-order valence-corrected chi connectivity index (χ4v) is 1.22. The van der Waals surface area contributed by atoms with Crippen molar-refractivity contribution in [3.05, 3.63) is 23.1 Å². The third kappa shape index (κ3) is 2.45. The highest BCUT2D eigenvalue weighted by molar-refractivity contribution is 4.94. The molecule has 0 amide bonds. The van der Waals surface area contributed by atoms with E-state index in [1.54, 1.807) is 6.08 Å². The zero-order valence-corrected chi connectivity index (χ0v) is 7.80. The van der Waals surface area contributed by atoms with E-state index in [0.717, 1.165) is 0 Å². The van der Waals surface area contributed by atoms with E-state index in [0.29, 0.717) is 6.61 Å². The third-order valence-corrected chi connectivity index (χ3v) is 1.84. The maximum atomic E-state index is 8.27. The number of nitrogens with zero attached hydrogens (tertiary/aromatic N) is 3. The first kappa shape index (κ1) is 10.1. The average Bonchev–Trinajstić information content (AvgIpc) is 2.42. The smallest absolute Gasteiger partial charge is 0.163 e. The van der Waals surface area contributed by atoms with E-state index in [9.17, 15) is 0 Å². The molecule has 5 heteroatoms. The first-order valence-corrected chi connectivity index (χ1v) is 4.07. The van der Waals surface area contributed by atoms with Gasteiger partial charge < -0.3 is 9.47 Å². The predicted molar refractivity (Wildman–Crippen MR) is 48.0 cm³/mol. The summed E-state index contributed by atoms with van der Waals surface area (Å²) in [5.74, 6) is -0.586. The van der Waals surface area contributed by atoms with Crippen LogP contribution in [0.4, 0.5) is 0 Å².